The van der Waals surface area contributed by atoms with Gasteiger partial charge in [-0.15, -0.1) is 11.8 Å². The highest BCUT2D eigenvalue weighted by Crippen LogP contribution is 2.29. The van der Waals surface area contributed by atoms with Crippen LogP contribution in [0.4, 0.5) is 0 Å². The maximum Gasteiger partial charge on any atom is 0.138 e. The van der Waals surface area contributed by atoms with Crippen LogP contribution in [0.1, 0.15) is 0 Å². The third-order valence-electron chi connectivity index (χ3n) is 2.90. The first-order valence-electron chi connectivity index (χ1n) is 6.02. The lowest BCUT2D eigenvalue weighted by Gasteiger charge is -2.08. The first kappa shape index (κ1) is 12.1. The summed E-state index contributed by atoms with van der Waals surface area (Å²) in [4.78, 5) is 5.56. The molecule has 3 heteroatoms. The zero-order valence-electron chi connectivity index (χ0n) is 10.5. The number of benzene rings is 2. The third-order valence-corrected chi connectivity index (χ3v) is 3.64. The number of nitrogens with zero attached hydrogens (tertiary/aromatic N) is 1. The van der Waals surface area contributed by atoms with E-state index in [0.717, 1.165) is 22.4 Å². The van der Waals surface area contributed by atoms with Gasteiger partial charge >= 0.3 is 0 Å². The van der Waals surface area contributed by atoms with Crippen molar-refractivity contribution in [2.24, 2.45) is 0 Å². The second kappa shape index (κ2) is 5.33. The number of rotatable bonds is 3. The van der Waals surface area contributed by atoms with Crippen LogP contribution in [0.3, 0.4) is 0 Å². The molecule has 0 aliphatic heterocycles. The molecule has 0 atom stereocenters. The summed E-state index contributed by atoms with van der Waals surface area (Å²) in [7, 11) is 0. The molecule has 0 amide bonds. The Morgan fingerprint density at radius 3 is 2.53 bits per heavy atom. The summed E-state index contributed by atoms with van der Waals surface area (Å²) in [6.07, 6.45) is 3.83. The molecule has 0 saturated heterocycles. The number of thioether (sulfide) groups is 1. The highest BCUT2D eigenvalue weighted by Gasteiger charge is 2.03. The van der Waals surface area contributed by atoms with Gasteiger partial charge in [0.2, 0.25) is 0 Å². The van der Waals surface area contributed by atoms with Gasteiger partial charge in [-0.1, -0.05) is 12.1 Å². The molecule has 0 fully saturated rings. The van der Waals surface area contributed by atoms with Crippen LogP contribution < -0.4 is 4.74 Å². The highest BCUT2D eigenvalue weighted by atomic mass is 32.2. The lowest BCUT2D eigenvalue weighted by Crippen LogP contribution is -1.87. The summed E-state index contributed by atoms with van der Waals surface area (Å²) < 4.78 is 5.94. The standard InChI is InChI=1S/C16H13NOS/c1-19-13-8-6-12(7-9-13)18-16-10-11-17-15-5-3-2-4-14(15)16/h2-11H,1H3. The SMILES string of the molecule is CSc1ccc(Oc2ccnc3ccccc23)cc1. The predicted molar refractivity (Wildman–Crippen MR) is 80.0 cm³/mol. The molecule has 0 aliphatic carbocycles. The van der Waals surface area contributed by atoms with Crippen molar-refractivity contribution in [3.05, 3.63) is 60.8 Å². The van der Waals surface area contributed by atoms with Gasteiger partial charge in [0.25, 0.3) is 0 Å². The van der Waals surface area contributed by atoms with Crippen LogP contribution in [0.15, 0.2) is 65.7 Å². The van der Waals surface area contributed by atoms with Crippen LogP contribution in [0.2, 0.25) is 0 Å². The van der Waals surface area contributed by atoms with E-state index in [4.69, 9.17) is 4.74 Å². The smallest absolute Gasteiger partial charge is 0.138 e. The molecule has 0 spiro atoms. The van der Waals surface area contributed by atoms with Crippen molar-refractivity contribution in [2.45, 2.75) is 4.90 Å². The third kappa shape index (κ3) is 2.56. The molecule has 0 bridgehead atoms. The van der Waals surface area contributed by atoms with E-state index in [-0.39, 0.29) is 0 Å². The summed E-state index contributed by atoms with van der Waals surface area (Å²) in [5.41, 5.74) is 0.945. The average molecular weight is 267 g/mol. The summed E-state index contributed by atoms with van der Waals surface area (Å²) in [5.74, 6) is 1.68. The summed E-state index contributed by atoms with van der Waals surface area (Å²) in [6.45, 7) is 0. The van der Waals surface area contributed by atoms with Crippen molar-refractivity contribution >= 4 is 22.7 Å². The number of hydrogen-bond donors (Lipinski definition) is 0. The van der Waals surface area contributed by atoms with Crippen LogP contribution in [0, 0.1) is 0 Å². The Kier molecular flexibility index (Phi) is 3.38. The molecule has 2 nitrogen and oxygen atoms in total. The van der Waals surface area contributed by atoms with Gasteiger partial charge in [0.05, 0.1) is 5.52 Å². The minimum absolute atomic E-state index is 0.836. The van der Waals surface area contributed by atoms with E-state index >= 15 is 0 Å². The largest absolute Gasteiger partial charge is 0.457 e. The maximum atomic E-state index is 5.94. The molecule has 0 unspecified atom stereocenters. The van der Waals surface area contributed by atoms with E-state index in [1.165, 1.54) is 4.90 Å². The van der Waals surface area contributed by atoms with E-state index < -0.39 is 0 Å². The zero-order valence-corrected chi connectivity index (χ0v) is 11.4. The first-order valence-corrected chi connectivity index (χ1v) is 7.25. The van der Waals surface area contributed by atoms with E-state index in [0.29, 0.717) is 0 Å². The lowest BCUT2D eigenvalue weighted by molar-refractivity contribution is 0.487. The average Bonchev–Trinajstić information content (AvgIpc) is 2.48. The minimum atomic E-state index is 0.836. The van der Waals surface area contributed by atoms with E-state index in [1.807, 2.05) is 42.5 Å². The lowest BCUT2D eigenvalue weighted by atomic mass is 10.2. The molecule has 3 aromatic rings. The summed E-state index contributed by atoms with van der Waals surface area (Å²) in [5, 5.41) is 1.03. The maximum absolute atomic E-state index is 5.94. The van der Waals surface area contributed by atoms with E-state index in [2.05, 4.69) is 23.4 Å². The number of fused-ring (bicyclic) bond motifs is 1. The number of pyridine rings is 1. The molecule has 1 heterocycles. The van der Waals surface area contributed by atoms with Gasteiger partial charge in [-0.3, -0.25) is 4.98 Å². The molecule has 0 aliphatic rings. The van der Waals surface area contributed by atoms with Gasteiger partial charge in [-0.05, 0) is 48.7 Å². The van der Waals surface area contributed by atoms with Gasteiger partial charge in [-0.25, -0.2) is 0 Å². The molecule has 2 aromatic carbocycles. The van der Waals surface area contributed by atoms with Crippen molar-refractivity contribution in [3.63, 3.8) is 0 Å². The minimum Gasteiger partial charge on any atom is -0.457 e. The van der Waals surface area contributed by atoms with Crippen LogP contribution in [0.5, 0.6) is 11.5 Å². The molecule has 94 valence electrons. The molecule has 0 radical (unpaired) electrons. The van der Waals surface area contributed by atoms with Gasteiger partial charge < -0.3 is 4.74 Å². The second-order valence-corrected chi connectivity index (χ2v) is 4.98. The molecule has 19 heavy (non-hydrogen) atoms. The van der Waals surface area contributed by atoms with Crippen molar-refractivity contribution in [2.75, 3.05) is 6.26 Å². The van der Waals surface area contributed by atoms with Crippen molar-refractivity contribution in [1.82, 2.24) is 4.98 Å². The van der Waals surface area contributed by atoms with Crippen LogP contribution in [-0.4, -0.2) is 11.2 Å². The molecule has 0 N–H and O–H groups in total. The Bertz CT molecular complexity index is 689. The van der Waals surface area contributed by atoms with Gasteiger partial charge in [0.15, 0.2) is 0 Å². The van der Waals surface area contributed by atoms with Crippen LogP contribution >= 0.6 is 11.8 Å². The number of ether oxygens (including phenoxy) is 1. The van der Waals surface area contributed by atoms with Crippen LogP contribution in [-0.2, 0) is 0 Å². The summed E-state index contributed by atoms with van der Waals surface area (Å²) in [6, 6.07) is 18.0. The Morgan fingerprint density at radius 2 is 1.74 bits per heavy atom. The molecule has 0 saturated carbocycles. The van der Waals surface area contributed by atoms with Crippen molar-refractivity contribution in [1.29, 1.82) is 0 Å². The Morgan fingerprint density at radius 1 is 0.947 bits per heavy atom. The Balaban J connectivity index is 1.96. The highest BCUT2D eigenvalue weighted by molar-refractivity contribution is 7.98. The quantitative estimate of drug-likeness (QED) is 0.639. The van der Waals surface area contributed by atoms with E-state index in [1.54, 1.807) is 18.0 Å². The second-order valence-electron chi connectivity index (χ2n) is 4.10. The fraction of sp³-hybridized carbons (Fsp3) is 0.0625. The molecular weight excluding hydrogens is 254 g/mol. The zero-order chi connectivity index (χ0) is 13.1. The first-order chi connectivity index (χ1) is 9.36. The Hall–Kier alpha value is -2.00. The monoisotopic (exact) mass is 267 g/mol. The fourth-order valence-corrected chi connectivity index (χ4v) is 2.34. The van der Waals surface area contributed by atoms with Gasteiger partial charge in [0, 0.05) is 16.5 Å². The number of para-hydroxylation sites is 1. The van der Waals surface area contributed by atoms with Crippen molar-refractivity contribution in [3.8, 4) is 11.5 Å². The Labute approximate surface area is 116 Å². The number of hydrogen-bond acceptors (Lipinski definition) is 3. The normalized spacial score (nSPS) is 10.6. The molecule has 1 aromatic heterocycles. The molecular formula is C16H13NOS. The van der Waals surface area contributed by atoms with Gasteiger partial charge in [0.1, 0.15) is 11.5 Å². The fourth-order valence-electron chi connectivity index (χ4n) is 1.93. The van der Waals surface area contributed by atoms with Crippen molar-refractivity contribution < 1.29 is 4.74 Å². The van der Waals surface area contributed by atoms with Gasteiger partial charge in [-0.2, -0.15) is 0 Å². The summed E-state index contributed by atoms with van der Waals surface area (Å²) >= 11 is 1.72. The number of aromatic nitrogens is 1. The predicted octanol–water partition coefficient (Wildman–Crippen LogP) is 4.75. The molecule has 3 rings (SSSR count). The topological polar surface area (TPSA) is 22.1 Å². The van der Waals surface area contributed by atoms with E-state index in [9.17, 15) is 0 Å². The van der Waals surface area contributed by atoms with Crippen LogP contribution in [0.25, 0.3) is 10.9 Å².